The summed E-state index contributed by atoms with van der Waals surface area (Å²) >= 11 is 0. The Bertz CT molecular complexity index is 2300. The predicted molar refractivity (Wildman–Crippen MR) is 199 cm³/mol. The number of allylic oxidation sites excluding steroid dienone is 4. The molecule has 5 rings (SSSR count). The average molecular weight is 789 g/mol. The van der Waals surface area contributed by atoms with E-state index in [1.54, 1.807) is 60.7 Å². The molecule has 1 aliphatic rings. The smallest absolute Gasteiger partial charge is 0.744 e. The first-order chi connectivity index (χ1) is 24.5. The maximum Gasteiger partial charge on any atom is 3.00 e. The fourth-order valence-corrected chi connectivity index (χ4v) is 7.66. The van der Waals surface area contributed by atoms with Crippen LogP contribution in [0, 0.1) is 0 Å². The van der Waals surface area contributed by atoms with Crippen LogP contribution in [0.25, 0.3) is 5.57 Å². The van der Waals surface area contributed by atoms with Gasteiger partial charge in [-0.05, 0) is 102 Å². The maximum atomic E-state index is 12.4. The number of rotatable bonds is 13. The first-order valence-electron chi connectivity index (χ1n) is 15.9. The van der Waals surface area contributed by atoms with Crippen LogP contribution >= 0.6 is 0 Å². The average Bonchev–Trinajstić information content (AvgIpc) is 3.10. The molecular formula is C37H33AlN2O10S3. The van der Waals surface area contributed by atoms with Crippen LogP contribution in [-0.2, 0) is 48.2 Å². The molecule has 0 amide bonds. The quantitative estimate of drug-likeness (QED) is 0.136. The first-order valence-corrected chi connectivity index (χ1v) is 20.1. The van der Waals surface area contributed by atoms with Gasteiger partial charge in [0, 0.05) is 49.2 Å². The molecular weight excluding hydrogens is 756 g/mol. The summed E-state index contributed by atoms with van der Waals surface area (Å²) in [5.74, 6) is -0.650. The summed E-state index contributed by atoms with van der Waals surface area (Å²) in [7, 11) is -14.4. The first kappa shape index (κ1) is 41.4. The van der Waals surface area contributed by atoms with Crippen LogP contribution in [0.15, 0.2) is 136 Å². The van der Waals surface area contributed by atoms with Gasteiger partial charge in [-0.2, -0.15) is 0 Å². The predicted octanol–water partition coefficient (Wildman–Crippen LogP) is 4.54. The molecule has 16 heteroatoms. The van der Waals surface area contributed by atoms with Crippen molar-refractivity contribution in [1.82, 2.24) is 0 Å². The number of carbonyl (C=O) groups excluding carboxylic acids is 1. The molecule has 0 atom stereocenters. The summed E-state index contributed by atoms with van der Waals surface area (Å²) < 4.78 is 107. The van der Waals surface area contributed by atoms with E-state index in [-0.39, 0.29) is 45.8 Å². The van der Waals surface area contributed by atoms with Gasteiger partial charge in [0.2, 0.25) is 0 Å². The van der Waals surface area contributed by atoms with E-state index in [9.17, 15) is 43.7 Å². The van der Waals surface area contributed by atoms with E-state index < -0.39 is 41.0 Å². The van der Waals surface area contributed by atoms with E-state index in [1.165, 1.54) is 48.6 Å². The van der Waals surface area contributed by atoms with Gasteiger partial charge in [0.05, 0.1) is 14.7 Å². The molecule has 0 unspecified atom stereocenters. The molecule has 4 aromatic carbocycles. The Morgan fingerprint density at radius 2 is 1.00 bits per heavy atom. The van der Waals surface area contributed by atoms with Gasteiger partial charge in [0.25, 0.3) is 0 Å². The van der Waals surface area contributed by atoms with Gasteiger partial charge < -0.3 is 23.5 Å². The Morgan fingerprint density at radius 1 is 0.585 bits per heavy atom. The zero-order valence-corrected chi connectivity index (χ0v) is 32.2. The largest absolute Gasteiger partial charge is 3.00 e. The number of nitrogens with zero attached hydrogens (tertiary/aromatic N) is 2. The molecule has 0 N–H and O–H groups in total. The minimum atomic E-state index is -5.08. The molecule has 0 aliphatic heterocycles. The van der Waals surface area contributed by atoms with Crippen molar-refractivity contribution in [3.8, 4) is 0 Å². The molecule has 0 saturated carbocycles. The minimum Gasteiger partial charge on any atom is -0.744 e. The van der Waals surface area contributed by atoms with Crippen molar-refractivity contribution < 1.29 is 43.7 Å². The van der Waals surface area contributed by atoms with Crippen LogP contribution in [0.5, 0.6) is 0 Å². The fourth-order valence-electron chi connectivity index (χ4n) is 5.88. The topological polar surface area (TPSA) is 195 Å². The summed E-state index contributed by atoms with van der Waals surface area (Å²) in [6, 6.07) is 25.6. The summed E-state index contributed by atoms with van der Waals surface area (Å²) in [6.07, 6.45) is 3.27. The summed E-state index contributed by atoms with van der Waals surface area (Å²) in [4.78, 5) is 14.8. The summed E-state index contributed by atoms with van der Waals surface area (Å²) in [6.45, 7) is 5.40. The Morgan fingerprint density at radius 3 is 1.36 bits per heavy atom. The van der Waals surface area contributed by atoms with Gasteiger partial charge in [-0.15, -0.1) is 0 Å². The van der Waals surface area contributed by atoms with Crippen molar-refractivity contribution in [1.29, 1.82) is 0 Å². The second-order valence-corrected chi connectivity index (χ2v) is 15.9. The van der Waals surface area contributed by atoms with Gasteiger partial charge in [0.15, 0.2) is 5.78 Å². The third-order valence-electron chi connectivity index (χ3n) is 8.42. The third-order valence-corrected chi connectivity index (χ3v) is 11.0. The van der Waals surface area contributed by atoms with Gasteiger partial charge in [-0.3, -0.25) is 4.79 Å². The van der Waals surface area contributed by atoms with E-state index >= 15 is 0 Å². The SMILES string of the molecule is CCN(Cc1cccc(S(=O)(=O)[O-])c1)c1ccc(C(=C2C=CC(=O)C=C2S(=O)(=O)[O-])c2ccc(N(CC)Cc3cccc(S(=O)(=O)[O-])c3)cc2)cc1.[Al+3]. The molecule has 0 fully saturated rings. The van der Waals surface area contributed by atoms with Crippen LogP contribution in [0.2, 0.25) is 0 Å². The third kappa shape index (κ3) is 10.2. The van der Waals surface area contributed by atoms with E-state index in [2.05, 4.69) is 0 Å². The molecule has 0 heterocycles. The summed E-state index contributed by atoms with van der Waals surface area (Å²) in [5.41, 5.74) is 4.11. The van der Waals surface area contributed by atoms with Crippen LogP contribution < -0.4 is 9.80 Å². The van der Waals surface area contributed by atoms with Gasteiger partial charge in [-0.1, -0.05) is 48.5 Å². The van der Waals surface area contributed by atoms with Crippen LogP contribution in [0.1, 0.15) is 36.1 Å². The molecule has 0 radical (unpaired) electrons. The Kier molecular flexibility index (Phi) is 13.1. The molecule has 53 heavy (non-hydrogen) atoms. The van der Waals surface area contributed by atoms with Gasteiger partial charge in [0.1, 0.15) is 30.4 Å². The van der Waals surface area contributed by atoms with Crippen molar-refractivity contribution in [2.45, 2.75) is 36.7 Å². The molecule has 4 aromatic rings. The van der Waals surface area contributed by atoms with Crippen LogP contribution in [0.3, 0.4) is 0 Å². The number of benzene rings is 4. The number of anilines is 2. The Hall–Kier alpha value is -4.37. The zero-order chi connectivity index (χ0) is 37.8. The number of ketones is 1. The molecule has 0 aromatic heterocycles. The zero-order valence-electron chi connectivity index (χ0n) is 28.6. The van der Waals surface area contributed by atoms with E-state index in [1.807, 2.05) is 23.6 Å². The second-order valence-electron chi connectivity index (χ2n) is 11.8. The molecule has 1 aliphatic carbocycles. The number of hydrogen-bond donors (Lipinski definition) is 0. The van der Waals surface area contributed by atoms with Gasteiger partial charge >= 0.3 is 17.4 Å². The van der Waals surface area contributed by atoms with Crippen molar-refractivity contribution in [3.63, 3.8) is 0 Å². The second kappa shape index (κ2) is 16.8. The van der Waals surface area contributed by atoms with E-state index in [0.29, 0.717) is 40.9 Å². The van der Waals surface area contributed by atoms with E-state index in [0.717, 1.165) is 17.5 Å². The van der Waals surface area contributed by atoms with Crippen molar-refractivity contribution >= 4 is 70.4 Å². The Balaban J connectivity index is 0.00000627. The monoisotopic (exact) mass is 788 g/mol. The Labute approximate surface area is 320 Å². The maximum absolute atomic E-state index is 12.4. The van der Waals surface area contributed by atoms with E-state index in [4.69, 9.17) is 0 Å². The van der Waals surface area contributed by atoms with Crippen LogP contribution in [-0.4, -0.2) is 75.1 Å². The van der Waals surface area contributed by atoms with Crippen LogP contribution in [0.4, 0.5) is 11.4 Å². The molecule has 0 bridgehead atoms. The van der Waals surface area contributed by atoms with Gasteiger partial charge in [-0.25, -0.2) is 25.3 Å². The van der Waals surface area contributed by atoms with Crippen molar-refractivity contribution in [2.24, 2.45) is 0 Å². The molecule has 272 valence electrons. The van der Waals surface area contributed by atoms with Crippen molar-refractivity contribution in [2.75, 3.05) is 22.9 Å². The minimum absolute atomic E-state index is 0. The fraction of sp³-hybridized carbons (Fsp3) is 0.162. The standard InChI is InChI=1S/C37H36N2O10S3.Al/c1-3-38(24-26-7-5-9-33(21-26)50(41,42)43)30-15-11-28(12-16-30)37(35-20-19-32(40)23-36(35)52(47,48)49)29-13-17-31(18-14-29)39(4-2)25-27-8-6-10-34(22-27)51(44,45)46;/h5-23H,3-4,24-25H2,1-2H3,(H,41,42,43)(H,44,45,46)(H,47,48,49);/q;+3/p-3. The summed E-state index contributed by atoms with van der Waals surface area (Å²) in [5, 5.41) is 0. The molecule has 12 nitrogen and oxygen atoms in total. The normalized spacial score (nSPS) is 13.3. The molecule has 0 spiro atoms. The molecule has 0 saturated heterocycles. The number of hydrogen-bond acceptors (Lipinski definition) is 12. The number of carbonyl (C=O) groups is 1. The van der Waals surface area contributed by atoms with Crippen molar-refractivity contribution in [3.05, 3.63) is 148 Å².